The Balaban J connectivity index is 2.25. The van der Waals surface area contributed by atoms with Gasteiger partial charge in [-0.25, -0.2) is 0 Å². The summed E-state index contributed by atoms with van der Waals surface area (Å²) in [7, 11) is 0. The lowest BCUT2D eigenvalue weighted by atomic mass is 9.81. The number of rotatable bonds is 3. The van der Waals surface area contributed by atoms with Gasteiger partial charge in [-0.05, 0) is 24.8 Å². The maximum Gasteiger partial charge on any atom is 0.270 e. The Hall–Kier alpha value is -1.62. The van der Waals surface area contributed by atoms with Gasteiger partial charge in [0.25, 0.3) is 5.69 Å². The van der Waals surface area contributed by atoms with Crippen LogP contribution < -0.4 is 5.73 Å². The molecule has 5 nitrogen and oxygen atoms in total. The Morgan fingerprint density at radius 1 is 1.33 bits per heavy atom. The Morgan fingerprint density at radius 2 is 2.00 bits per heavy atom. The summed E-state index contributed by atoms with van der Waals surface area (Å²) < 4.78 is 0. The number of nitrogens with zero attached hydrogens (tertiary/aromatic N) is 1. The lowest BCUT2D eigenvalue weighted by molar-refractivity contribution is -0.385. The van der Waals surface area contributed by atoms with Crippen molar-refractivity contribution in [3.05, 3.63) is 33.9 Å². The maximum absolute atomic E-state index is 10.7. The molecule has 1 fully saturated rings. The third kappa shape index (κ3) is 2.61. The summed E-state index contributed by atoms with van der Waals surface area (Å²) in [5.41, 5.74) is 6.63. The van der Waals surface area contributed by atoms with Gasteiger partial charge in [-0.15, -0.1) is 0 Å². The van der Waals surface area contributed by atoms with Crippen LogP contribution in [0.25, 0.3) is 0 Å². The highest BCUT2D eigenvalue weighted by atomic mass is 16.6. The Bertz CT molecular complexity index is 442. The van der Waals surface area contributed by atoms with E-state index in [-0.39, 0.29) is 17.5 Å². The molecule has 0 aliphatic heterocycles. The van der Waals surface area contributed by atoms with Gasteiger partial charge in [0.2, 0.25) is 0 Å². The number of hydrogen-bond donors (Lipinski definition) is 2. The molecule has 0 saturated heterocycles. The van der Waals surface area contributed by atoms with Gasteiger partial charge in [-0.1, -0.05) is 19.3 Å². The standard InChI is InChI=1S/C13H18N2O3/c14-13(9-4-2-1-3-5-9)11-8-10(15(17)18)6-7-12(11)16/h6-9,13,16H,1-5,14H2/t13-/m1/s1. The fourth-order valence-corrected chi connectivity index (χ4v) is 2.67. The summed E-state index contributed by atoms with van der Waals surface area (Å²) in [6.07, 6.45) is 5.58. The number of phenols is 1. The average Bonchev–Trinajstić information content (AvgIpc) is 2.39. The lowest BCUT2D eigenvalue weighted by Crippen LogP contribution is -2.23. The van der Waals surface area contributed by atoms with Crippen LogP contribution in [0.2, 0.25) is 0 Å². The first-order chi connectivity index (χ1) is 8.59. The second kappa shape index (κ2) is 5.35. The van der Waals surface area contributed by atoms with Crippen LogP contribution in [0.5, 0.6) is 5.75 Å². The van der Waals surface area contributed by atoms with Crippen LogP contribution in [-0.4, -0.2) is 10.0 Å². The number of nitrogens with two attached hydrogens (primary N) is 1. The molecule has 0 heterocycles. The molecule has 1 aliphatic carbocycles. The van der Waals surface area contributed by atoms with E-state index < -0.39 is 4.92 Å². The number of nitro groups is 1. The summed E-state index contributed by atoms with van der Waals surface area (Å²) in [6.45, 7) is 0. The fraction of sp³-hybridized carbons (Fsp3) is 0.538. The average molecular weight is 250 g/mol. The molecule has 1 aromatic rings. The molecule has 1 aliphatic rings. The van der Waals surface area contributed by atoms with E-state index in [1.54, 1.807) is 0 Å². The van der Waals surface area contributed by atoms with Crippen molar-refractivity contribution < 1.29 is 10.0 Å². The van der Waals surface area contributed by atoms with E-state index in [1.807, 2.05) is 0 Å². The number of phenolic OH excluding ortho intramolecular Hbond substituents is 1. The summed E-state index contributed by atoms with van der Waals surface area (Å²) in [6, 6.07) is 3.74. The summed E-state index contributed by atoms with van der Waals surface area (Å²) in [5.74, 6) is 0.366. The number of nitro benzene ring substituents is 1. The predicted octanol–water partition coefficient (Wildman–Crippen LogP) is 2.88. The zero-order valence-corrected chi connectivity index (χ0v) is 10.2. The molecule has 18 heavy (non-hydrogen) atoms. The maximum atomic E-state index is 10.7. The highest BCUT2D eigenvalue weighted by Gasteiger charge is 2.25. The van der Waals surface area contributed by atoms with Crippen molar-refractivity contribution in [3.8, 4) is 5.75 Å². The monoisotopic (exact) mass is 250 g/mol. The van der Waals surface area contributed by atoms with Gasteiger partial charge in [0.05, 0.1) is 4.92 Å². The van der Waals surface area contributed by atoms with Crippen molar-refractivity contribution in [3.63, 3.8) is 0 Å². The molecule has 0 spiro atoms. The van der Waals surface area contributed by atoms with Crippen LogP contribution in [0.15, 0.2) is 18.2 Å². The molecular weight excluding hydrogens is 232 g/mol. The summed E-state index contributed by atoms with van der Waals surface area (Å²) in [4.78, 5) is 10.3. The molecule has 1 saturated carbocycles. The van der Waals surface area contributed by atoms with E-state index in [0.717, 1.165) is 25.7 Å². The fourth-order valence-electron chi connectivity index (χ4n) is 2.67. The van der Waals surface area contributed by atoms with E-state index in [4.69, 9.17) is 5.73 Å². The van der Waals surface area contributed by atoms with Gasteiger partial charge in [0.1, 0.15) is 5.75 Å². The second-order valence-electron chi connectivity index (χ2n) is 4.92. The minimum absolute atomic E-state index is 0.0194. The van der Waals surface area contributed by atoms with E-state index in [1.165, 1.54) is 24.6 Å². The summed E-state index contributed by atoms with van der Waals surface area (Å²) in [5, 5.41) is 20.6. The van der Waals surface area contributed by atoms with Gasteiger partial charge in [0.15, 0.2) is 0 Å². The van der Waals surface area contributed by atoms with Gasteiger partial charge >= 0.3 is 0 Å². The normalized spacial score (nSPS) is 18.5. The van der Waals surface area contributed by atoms with E-state index in [2.05, 4.69) is 0 Å². The third-order valence-electron chi connectivity index (χ3n) is 3.74. The van der Waals surface area contributed by atoms with Crippen molar-refractivity contribution in [1.82, 2.24) is 0 Å². The molecule has 5 heteroatoms. The molecule has 0 aromatic heterocycles. The number of benzene rings is 1. The number of non-ortho nitro benzene ring substituents is 1. The first-order valence-electron chi connectivity index (χ1n) is 6.32. The Kier molecular flexibility index (Phi) is 3.81. The largest absolute Gasteiger partial charge is 0.508 e. The van der Waals surface area contributed by atoms with Crippen LogP contribution >= 0.6 is 0 Å². The third-order valence-corrected chi connectivity index (χ3v) is 3.74. The zero-order valence-electron chi connectivity index (χ0n) is 10.2. The van der Waals surface area contributed by atoms with Crippen LogP contribution in [0.4, 0.5) is 5.69 Å². The molecule has 1 atom stereocenters. The van der Waals surface area contributed by atoms with Gasteiger partial charge in [-0.2, -0.15) is 0 Å². The van der Waals surface area contributed by atoms with Crippen LogP contribution in [0.1, 0.15) is 43.7 Å². The molecular formula is C13H18N2O3. The van der Waals surface area contributed by atoms with Crippen LogP contribution in [-0.2, 0) is 0 Å². The van der Waals surface area contributed by atoms with E-state index in [0.29, 0.717) is 11.5 Å². The van der Waals surface area contributed by atoms with E-state index in [9.17, 15) is 15.2 Å². The molecule has 0 bridgehead atoms. The minimum atomic E-state index is -0.462. The molecule has 0 amide bonds. The smallest absolute Gasteiger partial charge is 0.270 e. The summed E-state index contributed by atoms with van der Waals surface area (Å²) >= 11 is 0. The molecule has 3 N–H and O–H groups in total. The number of hydrogen-bond acceptors (Lipinski definition) is 4. The lowest BCUT2D eigenvalue weighted by Gasteiger charge is -2.28. The van der Waals surface area contributed by atoms with Crippen molar-refractivity contribution in [2.45, 2.75) is 38.1 Å². The van der Waals surface area contributed by atoms with Crippen LogP contribution in [0, 0.1) is 16.0 Å². The Labute approximate surface area is 106 Å². The second-order valence-corrected chi connectivity index (χ2v) is 4.92. The quantitative estimate of drug-likeness (QED) is 0.637. The first kappa shape index (κ1) is 12.8. The topological polar surface area (TPSA) is 89.4 Å². The predicted molar refractivity (Wildman–Crippen MR) is 68.3 cm³/mol. The minimum Gasteiger partial charge on any atom is -0.508 e. The van der Waals surface area contributed by atoms with Crippen LogP contribution in [0.3, 0.4) is 0 Å². The Morgan fingerprint density at radius 3 is 2.61 bits per heavy atom. The van der Waals surface area contributed by atoms with Crippen molar-refractivity contribution in [1.29, 1.82) is 0 Å². The number of aromatic hydroxyl groups is 1. The van der Waals surface area contributed by atoms with Gasteiger partial charge in [-0.3, -0.25) is 10.1 Å². The van der Waals surface area contributed by atoms with Crippen molar-refractivity contribution >= 4 is 5.69 Å². The molecule has 2 rings (SSSR count). The van der Waals surface area contributed by atoms with E-state index >= 15 is 0 Å². The highest BCUT2D eigenvalue weighted by Crippen LogP contribution is 2.37. The SMILES string of the molecule is N[C@@H](c1cc([N+](=O)[O-])ccc1O)C1CCCCC1. The molecule has 1 aromatic carbocycles. The first-order valence-corrected chi connectivity index (χ1v) is 6.32. The van der Waals surface area contributed by atoms with Gasteiger partial charge in [0, 0.05) is 23.7 Å². The highest BCUT2D eigenvalue weighted by molar-refractivity contribution is 5.44. The molecule has 98 valence electrons. The molecule has 0 unspecified atom stereocenters. The van der Waals surface area contributed by atoms with Gasteiger partial charge < -0.3 is 10.8 Å². The van der Waals surface area contributed by atoms with Crippen molar-refractivity contribution in [2.24, 2.45) is 11.7 Å². The molecule has 0 radical (unpaired) electrons. The van der Waals surface area contributed by atoms with Crippen molar-refractivity contribution in [2.75, 3.05) is 0 Å². The zero-order chi connectivity index (χ0) is 13.1.